The number of nitrogens with one attached hydrogen (secondary N) is 3. The van der Waals surface area contributed by atoms with E-state index in [9.17, 15) is 9.59 Å². The molecule has 0 saturated heterocycles. The standard InChI is InChI=1S/C25H16Cl2N4O2S/c26-16-3-7-19(20(27)11-16)25(33)29-18-6-8-21-22(12-18)31-23(30-21)14-1-4-17(5-2-14)28-24(32)15-9-10-34-13-15/h1-13H,(H,28,32)(H,29,33)(H,30,31). The first-order chi connectivity index (χ1) is 16.5. The van der Waals surface area contributed by atoms with Crippen LogP contribution in [-0.2, 0) is 0 Å². The van der Waals surface area contributed by atoms with Crippen molar-refractivity contribution < 1.29 is 9.59 Å². The summed E-state index contributed by atoms with van der Waals surface area (Å²) >= 11 is 13.5. The molecule has 0 unspecified atom stereocenters. The predicted octanol–water partition coefficient (Wildman–Crippen LogP) is 7.10. The number of aromatic nitrogens is 2. The van der Waals surface area contributed by atoms with E-state index in [2.05, 4.69) is 20.6 Å². The van der Waals surface area contributed by atoms with Crippen LogP contribution in [0.5, 0.6) is 0 Å². The number of rotatable bonds is 5. The second kappa shape index (κ2) is 9.30. The summed E-state index contributed by atoms with van der Waals surface area (Å²) in [5, 5.41) is 10.1. The van der Waals surface area contributed by atoms with Gasteiger partial charge in [-0.2, -0.15) is 11.3 Å². The van der Waals surface area contributed by atoms with Gasteiger partial charge in [-0.25, -0.2) is 4.98 Å². The minimum atomic E-state index is -0.333. The van der Waals surface area contributed by atoms with Crippen LogP contribution in [0, 0.1) is 0 Å². The molecular weight excluding hydrogens is 491 g/mol. The van der Waals surface area contributed by atoms with E-state index in [1.165, 1.54) is 17.4 Å². The SMILES string of the molecule is O=C(Nc1ccc(-c2nc3ccc(NC(=O)c4ccc(Cl)cc4Cl)cc3[nH]2)cc1)c1ccsc1. The van der Waals surface area contributed by atoms with Crippen LogP contribution in [0.1, 0.15) is 20.7 Å². The summed E-state index contributed by atoms with van der Waals surface area (Å²) in [5.74, 6) is 0.197. The monoisotopic (exact) mass is 506 g/mol. The van der Waals surface area contributed by atoms with Crippen LogP contribution in [0.3, 0.4) is 0 Å². The summed E-state index contributed by atoms with van der Waals surface area (Å²) in [4.78, 5) is 32.7. The molecule has 6 nitrogen and oxygen atoms in total. The molecule has 3 aromatic carbocycles. The molecule has 5 rings (SSSR count). The van der Waals surface area contributed by atoms with E-state index < -0.39 is 0 Å². The lowest BCUT2D eigenvalue weighted by Crippen LogP contribution is -2.12. The molecule has 9 heteroatoms. The van der Waals surface area contributed by atoms with Crippen molar-refractivity contribution in [3.63, 3.8) is 0 Å². The van der Waals surface area contributed by atoms with Crippen molar-refractivity contribution in [3.8, 4) is 11.4 Å². The summed E-state index contributed by atoms with van der Waals surface area (Å²) in [6.07, 6.45) is 0. The lowest BCUT2D eigenvalue weighted by molar-refractivity contribution is 0.101. The highest BCUT2D eigenvalue weighted by atomic mass is 35.5. The van der Waals surface area contributed by atoms with Gasteiger partial charge in [-0.3, -0.25) is 9.59 Å². The smallest absolute Gasteiger partial charge is 0.257 e. The Kier molecular flexibility index (Phi) is 6.06. The Hall–Kier alpha value is -3.65. The van der Waals surface area contributed by atoms with Crippen molar-refractivity contribution in [2.75, 3.05) is 10.6 Å². The average Bonchev–Trinajstić information content (AvgIpc) is 3.49. The largest absolute Gasteiger partial charge is 0.338 e. The van der Waals surface area contributed by atoms with Crippen LogP contribution < -0.4 is 10.6 Å². The fourth-order valence-electron chi connectivity index (χ4n) is 3.40. The molecule has 168 valence electrons. The van der Waals surface area contributed by atoms with Gasteiger partial charge in [-0.05, 0) is 72.1 Å². The lowest BCUT2D eigenvalue weighted by Gasteiger charge is -2.07. The van der Waals surface area contributed by atoms with Gasteiger partial charge in [0.25, 0.3) is 11.8 Å². The molecule has 0 atom stereocenters. The number of hydrogen-bond acceptors (Lipinski definition) is 4. The third kappa shape index (κ3) is 4.68. The van der Waals surface area contributed by atoms with E-state index >= 15 is 0 Å². The summed E-state index contributed by atoms with van der Waals surface area (Å²) in [6, 6.07) is 19.3. The van der Waals surface area contributed by atoms with Gasteiger partial charge in [0, 0.05) is 27.3 Å². The number of imidazole rings is 1. The fourth-order valence-corrected chi connectivity index (χ4v) is 4.53. The topological polar surface area (TPSA) is 86.9 Å². The number of halogens is 2. The summed E-state index contributed by atoms with van der Waals surface area (Å²) in [5.41, 5.74) is 4.66. The van der Waals surface area contributed by atoms with Crippen LogP contribution in [0.4, 0.5) is 11.4 Å². The van der Waals surface area contributed by atoms with Gasteiger partial charge >= 0.3 is 0 Å². The van der Waals surface area contributed by atoms with Crippen molar-refractivity contribution in [2.45, 2.75) is 0 Å². The number of fused-ring (bicyclic) bond motifs is 1. The van der Waals surface area contributed by atoms with Crippen molar-refractivity contribution in [2.24, 2.45) is 0 Å². The maximum Gasteiger partial charge on any atom is 0.257 e. The van der Waals surface area contributed by atoms with E-state index in [0.29, 0.717) is 33.3 Å². The number of thiophene rings is 1. The van der Waals surface area contributed by atoms with E-state index in [1.54, 1.807) is 29.6 Å². The zero-order chi connectivity index (χ0) is 23.7. The van der Waals surface area contributed by atoms with Crippen LogP contribution >= 0.6 is 34.5 Å². The summed E-state index contributed by atoms with van der Waals surface area (Å²) < 4.78 is 0. The Morgan fingerprint density at radius 1 is 0.853 bits per heavy atom. The fraction of sp³-hybridized carbons (Fsp3) is 0. The number of carbonyl (C=O) groups excluding carboxylic acids is 2. The Labute approximate surface area is 208 Å². The molecule has 0 aliphatic heterocycles. The van der Waals surface area contributed by atoms with Gasteiger partial charge in [-0.1, -0.05) is 23.2 Å². The quantitative estimate of drug-likeness (QED) is 0.237. The molecule has 0 saturated carbocycles. The molecule has 2 heterocycles. The van der Waals surface area contributed by atoms with Gasteiger partial charge in [0.1, 0.15) is 5.82 Å². The van der Waals surface area contributed by atoms with Crippen molar-refractivity contribution in [1.29, 1.82) is 0 Å². The molecule has 2 aromatic heterocycles. The van der Waals surface area contributed by atoms with Gasteiger partial charge in [0.05, 0.1) is 27.2 Å². The molecule has 3 N–H and O–H groups in total. The predicted molar refractivity (Wildman–Crippen MR) is 138 cm³/mol. The molecule has 2 amide bonds. The normalized spacial score (nSPS) is 10.9. The van der Waals surface area contributed by atoms with Crippen molar-refractivity contribution >= 4 is 68.8 Å². The van der Waals surface area contributed by atoms with Crippen LogP contribution in [0.2, 0.25) is 10.0 Å². The van der Waals surface area contributed by atoms with Crippen LogP contribution in [-0.4, -0.2) is 21.8 Å². The molecule has 0 fully saturated rings. The molecule has 0 radical (unpaired) electrons. The molecule has 0 spiro atoms. The molecular formula is C25H16Cl2N4O2S. The maximum absolute atomic E-state index is 12.6. The second-order valence-electron chi connectivity index (χ2n) is 7.44. The van der Waals surface area contributed by atoms with Gasteiger partial charge in [0.15, 0.2) is 0 Å². The number of benzene rings is 3. The van der Waals surface area contributed by atoms with E-state index in [1.807, 2.05) is 41.8 Å². The van der Waals surface area contributed by atoms with Gasteiger partial charge in [-0.15, -0.1) is 0 Å². The number of hydrogen-bond donors (Lipinski definition) is 3. The van der Waals surface area contributed by atoms with Gasteiger partial charge in [0.2, 0.25) is 0 Å². The zero-order valence-corrected chi connectivity index (χ0v) is 19.8. The number of aromatic amines is 1. The number of H-pyrrole nitrogens is 1. The molecule has 0 aliphatic rings. The Morgan fingerprint density at radius 2 is 1.62 bits per heavy atom. The Bertz CT molecular complexity index is 1510. The Balaban J connectivity index is 1.32. The minimum Gasteiger partial charge on any atom is -0.338 e. The second-order valence-corrected chi connectivity index (χ2v) is 9.06. The summed E-state index contributed by atoms with van der Waals surface area (Å²) in [7, 11) is 0. The number of amides is 2. The molecule has 0 bridgehead atoms. The number of nitrogens with zero attached hydrogens (tertiary/aromatic N) is 1. The average molecular weight is 507 g/mol. The van der Waals surface area contributed by atoms with Gasteiger partial charge < -0.3 is 15.6 Å². The number of carbonyl (C=O) groups is 2. The zero-order valence-electron chi connectivity index (χ0n) is 17.4. The van der Waals surface area contributed by atoms with E-state index in [0.717, 1.165) is 16.6 Å². The first-order valence-corrected chi connectivity index (χ1v) is 11.9. The Morgan fingerprint density at radius 3 is 2.35 bits per heavy atom. The lowest BCUT2D eigenvalue weighted by atomic mass is 10.2. The number of anilines is 2. The third-order valence-corrected chi connectivity index (χ3v) is 6.35. The molecule has 34 heavy (non-hydrogen) atoms. The minimum absolute atomic E-state index is 0.146. The van der Waals surface area contributed by atoms with E-state index in [4.69, 9.17) is 23.2 Å². The van der Waals surface area contributed by atoms with Crippen LogP contribution in [0.25, 0.3) is 22.4 Å². The van der Waals surface area contributed by atoms with E-state index in [-0.39, 0.29) is 16.8 Å². The maximum atomic E-state index is 12.6. The highest BCUT2D eigenvalue weighted by molar-refractivity contribution is 7.08. The first-order valence-electron chi connectivity index (χ1n) is 10.2. The van der Waals surface area contributed by atoms with Crippen molar-refractivity contribution in [1.82, 2.24) is 9.97 Å². The third-order valence-electron chi connectivity index (χ3n) is 5.12. The molecule has 0 aliphatic carbocycles. The molecule has 5 aromatic rings. The first kappa shape index (κ1) is 22.2. The highest BCUT2D eigenvalue weighted by Gasteiger charge is 2.13. The van der Waals surface area contributed by atoms with Crippen LogP contribution in [0.15, 0.2) is 77.5 Å². The highest BCUT2D eigenvalue weighted by Crippen LogP contribution is 2.26. The van der Waals surface area contributed by atoms with Crippen molar-refractivity contribution in [3.05, 3.63) is 98.7 Å². The summed E-state index contributed by atoms with van der Waals surface area (Å²) in [6.45, 7) is 0.